The Morgan fingerprint density at radius 1 is 0.495 bits per heavy atom. The molecule has 3 aromatic carbocycles. The van der Waals surface area contributed by atoms with Gasteiger partial charge >= 0.3 is 12.0 Å². The zero-order valence-electron chi connectivity index (χ0n) is 51.9. The highest BCUT2D eigenvalue weighted by Crippen LogP contribution is 2.47. The molecule has 0 amide bonds. The largest absolute Gasteiger partial charge is 0.467 e. The Bertz CT molecular complexity index is 4040. The molecule has 8 heterocycles. The van der Waals surface area contributed by atoms with Gasteiger partial charge in [-0.3, -0.25) is 4.21 Å². The van der Waals surface area contributed by atoms with Crippen molar-refractivity contribution in [3.63, 3.8) is 0 Å². The number of fused-ring (bicyclic) bond motifs is 5. The predicted octanol–water partition coefficient (Wildman–Crippen LogP) is 8.08. The summed E-state index contributed by atoms with van der Waals surface area (Å²) in [4.78, 5) is 41.4. The zero-order chi connectivity index (χ0) is 64.2. The van der Waals surface area contributed by atoms with Crippen molar-refractivity contribution < 1.29 is 58.2 Å². The Morgan fingerprint density at radius 3 is 1.21 bits per heavy atom. The van der Waals surface area contributed by atoms with Crippen molar-refractivity contribution in [1.29, 1.82) is 0 Å². The van der Waals surface area contributed by atoms with Gasteiger partial charge < -0.3 is 69.9 Å². The zero-order valence-corrected chi connectivity index (χ0v) is 55.1. The maximum absolute atomic E-state index is 12.2. The van der Waals surface area contributed by atoms with Gasteiger partial charge in [0.2, 0.25) is 5.16 Å². The Hall–Kier alpha value is -6.64. The molecule has 14 rings (SSSR count). The molecule has 0 spiro atoms. The second-order valence-electron chi connectivity index (χ2n) is 24.2. The molecular formula is C63H74N12O12S4. The van der Waals surface area contributed by atoms with Crippen LogP contribution >= 0.6 is 34.0 Å². The van der Waals surface area contributed by atoms with Crippen molar-refractivity contribution >= 4 is 92.9 Å². The van der Waals surface area contributed by atoms with Crippen molar-refractivity contribution in [3.8, 4) is 43.7 Å². The number of thiazole rings is 3. The van der Waals surface area contributed by atoms with E-state index >= 15 is 0 Å². The van der Waals surface area contributed by atoms with E-state index in [-0.39, 0.29) is 85.2 Å². The van der Waals surface area contributed by atoms with Crippen LogP contribution < -0.4 is 25.4 Å². The Morgan fingerprint density at radius 2 is 0.846 bits per heavy atom. The van der Waals surface area contributed by atoms with Crippen LogP contribution in [0, 0.1) is 38.5 Å². The van der Waals surface area contributed by atoms with Gasteiger partial charge in [-0.15, -0.1) is 34.0 Å². The van der Waals surface area contributed by atoms with Crippen LogP contribution in [0.1, 0.15) is 64.0 Å². The van der Waals surface area contributed by atoms with Crippen molar-refractivity contribution in [2.24, 2.45) is 17.8 Å². The number of para-hydroxylation sites is 3. The molecule has 2 aliphatic heterocycles. The minimum Gasteiger partial charge on any atom is -0.467 e. The number of methoxy groups -OCH3 is 2. The van der Waals surface area contributed by atoms with Crippen LogP contribution in [0.4, 0.5) is 17.5 Å². The van der Waals surface area contributed by atoms with Gasteiger partial charge in [-0.2, -0.15) is 19.9 Å². The van der Waals surface area contributed by atoms with E-state index in [2.05, 4.69) is 51.9 Å². The molecule has 91 heavy (non-hydrogen) atoms. The fourth-order valence-electron chi connectivity index (χ4n) is 12.8. The van der Waals surface area contributed by atoms with Gasteiger partial charge in [-0.05, 0) is 104 Å². The van der Waals surface area contributed by atoms with Gasteiger partial charge in [0.05, 0.1) is 126 Å². The monoisotopic (exact) mass is 1320 g/mol. The standard InChI is InChI=1S/C22H26N4O4S2.C22H26N4O4S.C19H22N4O4S/c1-11-16(20-25-13-7-5-6-8-15(13)31-20)19(26-21(23-11)32(4)28)24-14-9-12(10-27)17-18(14)30-22(2,3)29-17;1-11-16(20-25-13-7-5-6-8-15(13)31-20)19(26-21(23-11)28-4)24-14-9-12(10-27)17-18(14)30-22(2,3)29-17;1-9-14(18-22-11-5-3-4-6-13(11)28-18)17(23-19(20-9)27-2)21-12-7-10(8-24)15(25)16(12)26/h5-8,12,14,17-18,27H,9-10H2,1-4H3,(H,23,24,26);5-8,12,14,17-18,27H,9-10H2,1-4H3,(H,23,24,26);3-6,10,12,15-16,24-26H,7-8H2,1-2H3,(H,20,21,23)/t12-,14-,17-,18+,32?;12-,14-,17-,18+;10-,12-,15-,16+/m111/s1. The first kappa shape index (κ1) is 64.5. The second-order valence-corrected chi connectivity index (χ2v) is 28.5. The fraction of sp³-hybridized carbons (Fsp3) is 0.476. The number of aryl methyl sites for hydroxylation is 3. The maximum Gasteiger partial charge on any atom is 0.318 e. The summed E-state index contributed by atoms with van der Waals surface area (Å²) in [5.74, 6) is -0.0969. The van der Waals surface area contributed by atoms with Crippen molar-refractivity contribution in [1.82, 2.24) is 44.9 Å². The van der Waals surface area contributed by atoms with Gasteiger partial charge in [0.1, 0.15) is 50.8 Å². The van der Waals surface area contributed by atoms with Crippen LogP contribution in [0.15, 0.2) is 78.0 Å². The molecule has 5 fully saturated rings. The number of hydrogen-bond donors (Lipinski definition) is 8. The number of ether oxygens (including phenoxy) is 6. The van der Waals surface area contributed by atoms with Crippen LogP contribution in [0.2, 0.25) is 0 Å². The molecular weight excluding hydrogens is 1250 g/mol. The average Bonchev–Trinajstić information content (AvgIpc) is 1.65. The highest BCUT2D eigenvalue weighted by molar-refractivity contribution is 7.84. The quantitative estimate of drug-likeness (QED) is 0.0450. The van der Waals surface area contributed by atoms with E-state index < -0.39 is 40.6 Å². The minimum atomic E-state index is -1.33. The molecule has 0 radical (unpaired) electrons. The molecule has 13 atom stereocenters. The number of aromatic nitrogens is 9. The smallest absolute Gasteiger partial charge is 0.318 e. The third-order valence-electron chi connectivity index (χ3n) is 17.0. The van der Waals surface area contributed by atoms with Crippen LogP contribution in [-0.4, -0.2) is 181 Å². The van der Waals surface area contributed by atoms with Crippen molar-refractivity contribution in [3.05, 3.63) is 89.9 Å². The molecule has 8 N–H and O–H groups in total. The van der Waals surface area contributed by atoms with Crippen LogP contribution in [0.3, 0.4) is 0 Å². The predicted molar refractivity (Wildman–Crippen MR) is 349 cm³/mol. The highest BCUT2D eigenvalue weighted by Gasteiger charge is 2.55. The molecule has 1 unspecified atom stereocenters. The number of nitrogens with one attached hydrogen (secondary N) is 3. The number of benzene rings is 3. The summed E-state index contributed by atoms with van der Waals surface area (Å²) in [6, 6.07) is 23.7. The lowest BCUT2D eigenvalue weighted by Crippen LogP contribution is -2.35. The lowest BCUT2D eigenvalue weighted by Gasteiger charge is -2.24. The molecule has 6 aromatic heterocycles. The van der Waals surface area contributed by atoms with Gasteiger partial charge in [0.25, 0.3) is 0 Å². The normalized spacial score (nSPS) is 26.4. The lowest BCUT2D eigenvalue weighted by molar-refractivity contribution is -0.159. The SMILES string of the molecule is COc1nc(C)c(-c2nc3ccccc3s2)c(N[C@@H]2C[C@H](CO)[C@@H](O)[C@H]2O)n1.COc1nc(C)c(-c2nc3ccccc3s2)c(N[C@@H]2C[C@H](CO)[C@H]3OC(C)(C)O[C@H]32)n1.Cc1nc(S(C)=O)nc(N[C@@H]2C[C@H](CO)[C@H]3OC(C)(C)O[C@H]32)c1-c1nc2ccccc2s1. The molecule has 24 nitrogen and oxygen atoms in total. The third kappa shape index (κ3) is 13.2. The number of anilines is 3. The lowest BCUT2D eigenvalue weighted by atomic mass is 10.1. The number of aliphatic hydroxyl groups excluding tert-OH is 5. The highest BCUT2D eigenvalue weighted by atomic mass is 32.2. The number of hydrogen-bond acceptors (Lipinski definition) is 27. The van der Waals surface area contributed by atoms with Crippen LogP contribution in [0.5, 0.6) is 12.0 Å². The van der Waals surface area contributed by atoms with Gasteiger partial charge in [0.15, 0.2) is 11.6 Å². The summed E-state index contributed by atoms with van der Waals surface area (Å²) in [7, 11) is 1.71. The summed E-state index contributed by atoms with van der Waals surface area (Å²) in [5.41, 5.74) is 7.31. The van der Waals surface area contributed by atoms with E-state index in [1.807, 2.05) is 115 Å². The third-order valence-corrected chi connectivity index (χ3v) is 20.8. The van der Waals surface area contributed by atoms with Gasteiger partial charge in [-0.25, -0.2) is 24.9 Å². The topological polar surface area (TPSA) is 326 Å². The van der Waals surface area contributed by atoms with E-state index in [0.717, 1.165) is 68.1 Å². The van der Waals surface area contributed by atoms with Gasteiger partial charge in [0, 0.05) is 43.8 Å². The fourth-order valence-corrected chi connectivity index (χ4v) is 16.4. The summed E-state index contributed by atoms with van der Waals surface area (Å²) in [5, 5.41) is 62.7. The summed E-state index contributed by atoms with van der Waals surface area (Å²) < 4.78 is 50.5. The molecule has 2 saturated heterocycles. The van der Waals surface area contributed by atoms with E-state index in [9.17, 15) is 29.7 Å². The van der Waals surface area contributed by atoms with Crippen LogP contribution in [0.25, 0.3) is 62.4 Å². The number of rotatable bonds is 15. The maximum atomic E-state index is 12.2. The Labute approximate surface area is 539 Å². The molecule has 5 aliphatic rings. The summed E-state index contributed by atoms with van der Waals surface area (Å²) in [6.07, 6.45) is 0.618. The molecule has 9 aromatic rings. The van der Waals surface area contributed by atoms with Crippen molar-refractivity contribution in [2.45, 2.75) is 139 Å². The van der Waals surface area contributed by atoms with Crippen LogP contribution in [-0.2, 0) is 29.7 Å². The number of aliphatic hydroxyl groups is 5. The minimum absolute atomic E-state index is 0.00000517. The molecule has 28 heteroatoms. The average molecular weight is 1320 g/mol. The molecule has 482 valence electrons. The molecule has 3 saturated carbocycles. The number of nitrogens with zero attached hydrogens (tertiary/aromatic N) is 9. The van der Waals surface area contributed by atoms with E-state index in [1.165, 1.54) is 18.4 Å². The Balaban J connectivity index is 0.000000132. The van der Waals surface area contributed by atoms with Gasteiger partial charge in [-0.1, -0.05) is 36.4 Å². The first-order chi connectivity index (χ1) is 43.6. The Kier molecular flexibility index (Phi) is 18.7. The molecule has 3 aliphatic carbocycles. The summed E-state index contributed by atoms with van der Waals surface area (Å²) in [6.45, 7) is 13.1. The first-order valence-corrected chi connectivity index (χ1v) is 34.0. The second kappa shape index (κ2) is 26.4. The summed E-state index contributed by atoms with van der Waals surface area (Å²) >= 11 is 4.71. The first-order valence-electron chi connectivity index (χ1n) is 30.0. The van der Waals surface area contributed by atoms with Crippen molar-refractivity contribution in [2.75, 3.05) is 56.2 Å². The van der Waals surface area contributed by atoms with E-state index in [1.54, 1.807) is 36.0 Å². The molecule has 0 bridgehead atoms. The van der Waals surface area contributed by atoms with E-state index in [4.69, 9.17) is 43.4 Å². The van der Waals surface area contributed by atoms with E-state index in [0.29, 0.717) is 54.1 Å².